The molecule has 4 rings (SSSR count). The number of anilines is 1. The molecule has 0 unspecified atom stereocenters. The SMILES string of the molecule is Cc1c(CC(=O)O)c(-c2ccc(Cl)cc2OC(C)(C)C)c2cc(C)n3c2c1N(S(C)(=O)=O)[C@@H](C(F)F)C3. The van der Waals surface area contributed by atoms with Gasteiger partial charge in [0.1, 0.15) is 17.4 Å². The minimum Gasteiger partial charge on any atom is -0.487 e. The molecule has 0 aliphatic carbocycles. The first-order valence-corrected chi connectivity index (χ1v) is 13.9. The summed E-state index contributed by atoms with van der Waals surface area (Å²) in [6.07, 6.45) is -2.52. The molecule has 2 aromatic carbocycles. The molecule has 0 bridgehead atoms. The molecule has 1 aliphatic rings. The summed E-state index contributed by atoms with van der Waals surface area (Å²) < 4.78 is 62.8. The molecule has 11 heteroatoms. The fraction of sp³-hybridized carbons (Fsp3) is 0.423. The van der Waals surface area contributed by atoms with E-state index in [4.69, 9.17) is 16.3 Å². The van der Waals surface area contributed by atoms with Crippen LogP contribution < -0.4 is 9.04 Å². The van der Waals surface area contributed by atoms with E-state index in [1.807, 2.05) is 20.8 Å². The van der Waals surface area contributed by atoms with Gasteiger partial charge in [-0.1, -0.05) is 11.6 Å². The minimum atomic E-state index is -4.13. The summed E-state index contributed by atoms with van der Waals surface area (Å²) in [5, 5.41) is 10.8. The zero-order valence-electron chi connectivity index (χ0n) is 21.4. The Morgan fingerprint density at radius 1 is 1.24 bits per heavy atom. The summed E-state index contributed by atoms with van der Waals surface area (Å²) in [5.74, 6) is -0.723. The number of ether oxygens (including phenoxy) is 1. The van der Waals surface area contributed by atoms with Crippen molar-refractivity contribution in [1.82, 2.24) is 4.57 Å². The van der Waals surface area contributed by atoms with E-state index in [1.165, 1.54) is 0 Å². The predicted octanol–water partition coefficient (Wildman–Crippen LogP) is 5.80. The lowest BCUT2D eigenvalue weighted by Crippen LogP contribution is -2.49. The van der Waals surface area contributed by atoms with Crippen LogP contribution in [0.1, 0.15) is 37.6 Å². The molecule has 3 aromatic rings. The minimum absolute atomic E-state index is 0.0782. The van der Waals surface area contributed by atoms with Crippen molar-refractivity contribution in [2.75, 3.05) is 10.6 Å². The Hall–Kier alpha value is -2.85. The van der Waals surface area contributed by atoms with Crippen LogP contribution in [0.15, 0.2) is 24.3 Å². The average molecular weight is 555 g/mol. The van der Waals surface area contributed by atoms with E-state index in [0.717, 1.165) is 10.6 Å². The molecule has 1 atom stereocenters. The second-order valence-corrected chi connectivity index (χ2v) is 12.7. The lowest BCUT2D eigenvalue weighted by Gasteiger charge is -2.38. The van der Waals surface area contributed by atoms with Gasteiger partial charge in [0.15, 0.2) is 0 Å². The van der Waals surface area contributed by atoms with E-state index in [-0.39, 0.29) is 12.2 Å². The number of carboxylic acid groups (broad SMARTS) is 1. The number of nitrogens with zero attached hydrogens (tertiary/aromatic N) is 2. The van der Waals surface area contributed by atoms with Gasteiger partial charge in [0.2, 0.25) is 10.0 Å². The lowest BCUT2D eigenvalue weighted by atomic mass is 9.88. The predicted molar refractivity (Wildman–Crippen MR) is 141 cm³/mol. The normalized spacial score (nSPS) is 16.1. The van der Waals surface area contributed by atoms with Crippen molar-refractivity contribution < 1.29 is 31.8 Å². The molecule has 1 N–H and O–H groups in total. The first-order valence-electron chi connectivity index (χ1n) is 11.6. The van der Waals surface area contributed by atoms with Gasteiger partial charge in [0.25, 0.3) is 6.43 Å². The Morgan fingerprint density at radius 3 is 2.43 bits per heavy atom. The summed E-state index contributed by atoms with van der Waals surface area (Å²) in [6.45, 7) is 8.70. The maximum atomic E-state index is 14.2. The van der Waals surface area contributed by atoms with Gasteiger partial charge in [-0.05, 0) is 75.6 Å². The van der Waals surface area contributed by atoms with Gasteiger partial charge in [-0.3, -0.25) is 9.10 Å². The molecule has 0 saturated heterocycles. The van der Waals surface area contributed by atoms with Gasteiger partial charge >= 0.3 is 5.97 Å². The number of hydrogen-bond acceptors (Lipinski definition) is 4. The second-order valence-electron chi connectivity index (χ2n) is 10.4. The molecule has 0 amide bonds. The summed E-state index contributed by atoms with van der Waals surface area (Å²) >= 11 is 6.29. The van der Waals surface area contributed by atoms with Crippen molar-refractivity contribution in [2.24, 2.45) is 0 Å². The number of carboxylic acids is 1. The van der Waals surface area contributed by atoms with Crippen molar-refractivity contribution in [3.8, 4) is 16.9 Å². The third kappa shape index (κ3) is 4.88. The van der Waals surface area contributed by atoms with Crippen molar-refractivity contribution in [2.45, 2.75) is 65.7 Å². The Bertz CT molecular complexity index is 1530. The van der Waals surface area contributed by atoms with Crippen molar-refractivity contribution in [3.63, 3.8) is 0 Å². The summed E-state index contributed by atoms with van der Waals surface area (Å²) in [5.41, 5.74) is 2.31. The highest BCUT2D eigenvalue weighted by molar-refractivity contribution is 7.92. The van der Waals surface area contributed by atoms with Crippen LogP contribution in [0.4, 0.5) is 14.5 Å². The first-order chi connectivity index (χ1) is 17.0. The van der Waals surface area contributed by atoms with E-state index in [1.54, 1.807) is 42.7 Å². The van der Waals surface area contributed by atoms with Gasteiger partial charge in [-0.25, -0.2) is 17.2 Å². The van der Waals surface area contributed by atoms with Gasteiger partial charge in [-0.15, -0.1) is 0 Å². The molecule has 1 aromatic heterocycles. The van der Waals surface area contributed by atoms with Gasteiger partial charge < -0.3 is 14.4 Å². The molecule has 2 heterocycles. The average Bonchev–Trinajstić information content (AvgIpc) is 3.06. The van der Waals surface area contributed by atoms with E-state index in [2.05, 4.69) is 0 Å². The van der Waals surface area contributed by atoms with Gasteiger partial charge in [-0.2, -0.15) is 0 Å². The first kappa shape index (κ1) is 27.2. The second kappa shape index (κ2) is 9.16. The van der Waals surface area contributed by atoms with Crippen LogP contribution in [-0.2, 0) is 27.8 Å². The molecule has 0 spiro atoms. The summed E-state index contributed by atoms with van der Waals surface area (Å²) in [7, 11) is -4.13. The topological polar surface area (TPSA) is 88.8 Å². The highest BCUT2D eigenvalue weighted by Gasteiger charge is 2.42. The third-order valence-corrected chi connectivity index (χ3v) is 7.81. The van der Waals surface area contributed by atoms with Crippen molar-refractivity contribution in [1.29, 1.82) is 0 Å². The molecule has 0 saturated carbocycles. The maximum Gasteiger partial charge on any atom is 0.307 e. The summed E-state index contributed by atoms with van der Waals surface area (Å²) in [6, 6.07) is 5.19. The Labute approximate surface area is 219 Å². The van der Waals surface area contributed by atoms with E-state index < -0.39 is 40.5 Å². The van der Waals surface area contributed by atoms with Crippen LogP contribution >= 0.6 is 11.6 Å². The van der Waals surface area contributed by atoms with Crippen LogP contribution in [0.2, 0.25) is 5.02 Å². The number of rotatable bonds is 6. The van der Waals surface area contributed by atoms with E-state index in [0.29, 0.717) is 49.6 Å². The van der Waals surface area contributed by atoms with Crippen LogP contribution in [0.5, 0.6) is 5.75 Å². The number of alkyl halides is 2. The number of aromatic nitrogens is 1. The molecular weight excluding hydrogens is 526 g/mol. The number of halogens is 3. The standard InChI is InChI=1S/C26H29ClF2N2O5S/c1-13-9-18-22(16-8-7-15(27)10-20(16)36-26(3,4)5)17(11-21(32)33)14(2)23-24(18)30(13)12-19(25(28)29)31(23)37(6,34)35/h7-10,19,25H,11-12H2,1-6H3,(H,32,33)/t19-/m1/s1. The lowest BCUT2D eigenvalue weighted by molar-refractivity contribution is -0.136. The molecule has 0 fully saturated rings. The van der Waals surface area contributed by atoms with Crippen molar-refractivity contribution in [3.05, 3.63) is 46.1 Å². The highest BCUT2D eigenvalue weighted by atomic mass is 35.5. The molecule has 0 radical (unpaired) electrons. The number of aliphatic carboxylic acids is 1. The summed E-state index contributed by atoms with van der Waals surface area (Å²) in [4.78, 5) is 12.0. The van der Waals surface area contributed by atoms with E-state index in [9.17, 15) is 27.1 Å². The number of aryl methyl sites for hydroxylation is 1. The monoisotopic (exact) mass is 554 g/mol. The Balaban J connectivity index is 2.20. The fourth-order valence-corrected chi connectivity index (χ4v) is 6.48. The third-order valence-electron chi connectivity index (χ3n) is 6.40. The van der Waals surface area contributed by atoms with Gasteiger partial charge in [0, 0.05) is 21.7 Å². The zero-order valence-corrected chi connectivity index (χ0v) is 23.0. The van der Waals surface area contributed by atoms with Crippen LogP contribution in [0.25, 0.3) is 22.0 Å². The largest absolute Gasteiger partial charge is 0.487 e. The Kier molecular flexibility index (Phi) is 6.73. The van der Waals surface area contributed by atoms with Crippen LogP contribution in [0, 0.1) is 13.8 Å². The highest BCUT2D eigenvalue weighted by Crippen LogP contribution is 2.49. The Morgan fingerprint density at radius 2 is 1.89 bits per heavy atom. The number of hydrogen-bond donors (Lipinski definition) is 1. The number of sulfonamides is 1. The maximum absolute atomic E-state index is 14.2. The van der Waals surface area contributed by atoms with Gasteiger partial charge in [0.05, 0.1) is 30.4 Å². The van der Waals surface area contributed by atoms with Crippen LogP contribution in [-0.4, -0.2) is 48.4 Å². The molecular formula is C26H29ClF2N2O5S. The van der Waals surface area contributed by atoms with Crippen LogP contribution in [0.3, 0.4) is 0 Å². The molecule has 200 valence electrons. The number of benzene rings is 2. The zero-order chi connectivity index (χ0) is 27.6. The fourth-order valence-electron chi connectivity index (χ4n) is 5.12. The van der Waals surface area contributed by atoms with Crippen molar-refractivity contribution >= 4 is 44.2 Å². The van der Waals surface area contributed by atoms with E-state index >= 15 is 0 Å². The molecule has 37 heavy (non-hydrogen) atoms. The molecule has 7 nitrogen and oxygen atoms in total. The number of carbonyl (C=O) groups is 1. The molecule has 1 aliphatic heterocycles. The smallest absolute Gasteiger partial charge is 0.307 e. The quantitative estimate of drug-likeness (QED) is 0.416.